The Morgan fingerprint density at radius 1 is 0.857 bits per heavy atom. The molecule has 1 nitrogen and oxygen atoms in total. The van der Waals surface area contributed by atoms with Crippen LogP contribution in [0.3, 0.4) is 0 Å². The quantitative estimate of drug-likeness (QED) is 0.244. The Bertz CT molecular complexity index is 432. The molecule has 2 saturated carbocycles. The second-order valence-corrected chi connectivity index (χ2v) is 32.5. The fraction of sp³-hybridized carbons (Fsp3) is 1.00. The number of rotatable bonds is 13. The molecule has 2 fully saturated rings. The zero-order chi connectivity index (χ0) is 20.8. The van der Waals surface area contributed by atoms with E-state index >= 15 is 0 Å². The van der Waals surface area contributed by atoms with Gasteiger partial charge >= 0.3 is 183 Å². The van der Waals surface area contributed by atoms with Gasteiger partial charge in [-0.1, -0.05) is 0 Å². The summed E-state index contributed by atoms with van der Waals surface area (Å²) in [6.07, 6.45) is 16.8. The van der Waals surface area contributed by atoms with Crippen molar-refractivity contribution in [1.29, 1.82) is 0 Å². The first-order chi connectivity index (χ1) is 13.3. The number of hydrogen-bond donors (Lipinski definition) is 1. The van der Waals surface area contributed by atoms with Gasteiger partial charge in [0.05, 0.1) is 0 Å². The summed E-state index contributed by atoms with van der Waals surface area (Å²) in [4.78, 5) is 0. The van der Waals surface area contributed by atoms with Crippen LogP contribution >= 0.6 is 0 Å². The van der Waals surface area contributed by atoms with E-state index in [1.165, 1.54) is 77.0 Å². The molecule has 0 aromatic heterocycles. The maximum absolute atomic E-state index is 11.6. The van der Waals surface area contributed by atoms with Gasteiger partial charge in [0.15, 0.2) is 0 Å². The molecule has 3 heteroatoms. The molecule has 3 atom stereocenters. The Labute approximate surface area is 182 Å². The average molecular weight is 515 g/mol. The minimum atomic E-state index is -2.37. The predicted octanol–water partition coefficient (Wildman–Crippen LogP) is 8.41. The summed E-state index contributed by atoms with van der Waals surface area (Å²) < 4.78 is 5.58. The molecule has 0 saturated heterocycles. The predicted molar refractivity (Wildman–Crippen MR) is 132 cm³/mol. The van der Waals surface area contributed by atoms with E-state index in [9.17, 15) is 5.11 Å². The van der Waals surface area contributed by atoms with Gasteiger partial charge in [-0.25, -0.2) is 0 Å². The normalized spacial score (nSPS) is 27.8. The van der Waals surface area contributed by atoms with Crippen LogP contribution in [-0.4, -0.2) is 37.7 Å². The monoisotopic (exact) mass is 516 g/mol. The summed E-state index contributed by atoms with van der Waals surface area (Å²) in [5.74, 6) is 1.33. The molecular weight excluding hydrogens is 463 g/mol. The summed E-state index contributed by atoms with van der Waals surface area (Å²) in [6, 6.07) is 0. The van der Waals surface area contributed by atoms with Crippen LogP contribution in [0.5, 0.6) is 0 Å². The Morgan fingerprint density at radius 2 is 1.32 bits per heavy atom. The molecule has 0 radical (unpaired) electrons. The molecule has 1 N–H and O–H groups in total. The molecule has 28 heavy (non-hydrogen) atoms. The first-order valence-corrected chi connectivity index (χ1v) is 24.0. The molecule has 2 rings (SSSR count). The standard InChI is InChI=1S/C13H25OSi.3C4H9.Sn/c1-15(2,3)12-9-11(12)13(14)10-7-5-4-6-8-10;3*1-3-4-2;/h10-11,13-14H,4-9H2,1-3H3;3*1,3-4H2,2H3;/t11-,13-;;;;/m0..../s1. The summed E-state index contributed by atoms with van der Waals surface area (Å²) >= 11 is -2.37. The van der Waals surface area contributed by atoms with Crippen molar-refractivity contribution in [3.05, 3.63) is 0 Å². The number of unbranched alkanes of at least 4 members (excludes halogenated alkanes) is 3. The molecule has 2 aliphatic carbocycles. The van der Waals surface area contributed by atoms with Crippen molar-refractivity contribution in [2.24, 2.45) is 11.8 Å². The van der Waals surface area contributed by atoms with Crippen molar-refractivity contribution < 1.29 is 5.11 Å². The summed E-state index contributed by atoms with van der Waals surface area (Å²) in [6.45, 7) is 15.3. The molecule has 0 amide bonds. The topological polar surface area (TPSA) is 20.2 Å². The van der Waals surface area contributed by atoms with Gasteiger partial charge in [-0.05, 0) is 0 Å². The van der Waals surface area contributed by atoms with Gasteiger partial charge in [-0.3, -0.25) is 0 Å². The van der Waals surface area contributed by atoms with Crippen LogP contribution in [0, 0.1) is 11.8 Å². The van der Waals surface area contributed by atoms with Crippen molar-refractivity contribution in [1.82, 2.24) is 0 Å². The van der Waals surface area contributed by atoms with Gasteiger partial charge in [-0.2, -0.15) is 0 Å². The molecular formula is C25H52OSiSn. The first-order valence-electron chi connectivity index (χ1n) is 13.0. The molecule has 0 heterocycles. The number of hydrogen-bond acceptors (Lipinski definition) is 1. The number of aliphatic hydroxyl groups is 1. The molecule has 0 unspecified atom stereocenters. The van der Waals surface area contributed by atoms with E-state index < -0.39 is 26.5 Å². The summed E-state index contributed by atoms with van der Waals surface area (Å²) in [7, 11) is -1.32. The second-order valence-electron chi connectivity index (χ2n) is 11.5. The number of aliphatic hydroxyl groups excluding tert-OH is 1. The van der Waals surface area contributed by atoms with E-state index in [0.29, 0.717) is 14.9 Å². The third-order valence-corrected chi connectivity index (χ3v) is 40.4. The van der Waals surface area contributed by atoms with Crippen LogP contribution < -0.4 is 0 Å². The van der Waals surface area contributed by atoms with Crippen LogP contribution in [0.15, 0.2) is 0 Å². The van der Waals surface area contributed by atoms with E-state index in [2.05, 4.69) is 40.4 Å². The average Bonchev–Trinajstić information content (AvgIpc) is 3.45. The third kappa shape index (κ3) is 5.23. The fourth-order valence-corrected chi connectivity index (χ4v) is 46.6. The summed E-state index contributed by atoms with van der Waals surface area (Å²) in [5.41, 5.74) is 0. The Hall–Kier alpha value is 0.976. The van der Waals surface area contributed by atoms with Gasteiger partial charge in [0.25, 0.3) is 0 Å². The van der Waals surface area contributed by atoms with E-state index in [4.69, 9.17) is 0 Å². The van der Waals surface area contributed by atoms with Crippen LogP contribution in [0.2, 0.25) is 36.0 Å². The van der Waals surface area contributed by atoms with Crippen LogP contribution in [0.25, 0.3) is 0 Å². The first kappa shape index (κ1) is 25.2. The van der Waals surface area contributed by atoms with Crippen molar-refractivity contribution in [3.8, 4) is 0 Å². The minimum absolute atomic E-state index is 0.0352. The Balaban J connectivity index is 2.37. The molecule has 0 spiro atoms. The van der Waals surface area contributed by atoms with E-state index in [-0.39, 0.29) is 6.10 Å². The van der Waals surface area contributed by atoms with Crippen molar-refractivity contribution >= 4 is 26.5 Å². The van der Waals surface area contributed by atoms with Gasteiger partial charge in [-0.15, -0.1) is 0 Å². The van der Waals surface area contributed by atoms with Gasteiger partial charge in [0.1, 0.15) is 0 Å². The van der Waals surface area contributed by atoms with E-state index in [1.807, 2.05) is 0 Å². The molecule has 0 aromatic carbocycles. The maximum atomic E-state index is 11.6. The Kier molecular flexibility index (Phi) is 9.94. The second kappa shape index (κ2) is 11.0. The van der Waals surface area contributed by atoms with Gasteiger partial charge in [0, 0.05) is 0 Å². The molecule has 0 bridgehead atoms. The van der Waals surface area contributed by atoms with Gasteiger partial charge < -0.3 is 0 Å². The SMILES string of the molecule is CCC[CH2][Sn]([CH2]CCC)([CH2]CCC)[C@]1([Si](C)(C)C)C[C@@H]1[C@@H](O)C1CCCCC1. The zero-order valence-corrected chi connectivity index (χ0v) is 24.1. The van der Waals surface area contributed by atoms with Crippen LogP contribution in [0.1, 0.15) is 97.8 Å². The van der Waals surface area contributed by atoms with E-state index in [0.717, 1.165) is 0 Å². The third-order valence-electron chi connectivity index (χ3n) is 8.87. The fourth-order valence-electron chi connectivity index (χ4n) is 7.36. The van der Waals surface area contributed by atoms with Crippen molar-refractivity contribution in [2.45, 2.75) is 140 Å². The summed E-state index contributed by atoms with van der Waals surface area (Å²) in [5, 5.41) is 11.6. The van der Waals surface area contributed by atoms with Crippen LogP contribution in [-0.2, 0) is 0 Å². The van der Waals surface area contributed by atoms with Gasteiger partial charge in [0.2, 0.25) is 0 Å². The molecule has 2 aliphatic rings. The Morgan fingerprint density at radius 3 is 1.71 bits per heavy atom. The van der Waals surface area contributed by atoms with Crippen LogP contribution in [0.4, 0.5) is 0 Å². The molecule has 166 valence electrons. The zero-order valence-electron chi connectivity index (χ0n) is 20.3. The van der Waals surface area contributed by atoms with Crippen molar-refractivity contribution in [2.75, 3.05) is 0 Å². The van der Waals surface area contributed by atoms with Crippen molar-refractivity contribution in [3.63, 3.8) is 0 Å². The van der Waals surface area contributed by atoms with E-state index in [1.54, 1.807) is 13.3 Å². The molecule has 0 aliphatic heterocycles. The molecule has 0 aromatic rings.